The highest BCUT2D eigenvalue weighted by Crippen LogP contribution is 2.34. The van der Waals surface area contributed by atoms with Crippen LogP contribution in [0.4, 0.5) is 0 Å². The molecule has 2 atom stereocenters. The van der Waals surface area contributed by atoms with E-state index in [0.29, 0.717) is 0 Å². The van der Waals surface area contributed by atoms with E-state index >= 15 is 0 Å². The van der Waals surface area contributed by atoms with Gasteiger partial charge in [-0.2, -0.15) is 0 Å². The molecule has 1 N–H and O–H groups in total. The highest BCUT2D eigenvalue weighted by atomic mass is 79.9. The average Bonchev–Trinajstić information content (AvgIpc) is 2.77. The number of benzene rings is 3. The summed E-state index contributed by atoms with van der Waals surface area (Å²) in [7, 11) is 0. The van der Waals surface area contributed by atoms with E-state index in [2.05, 4.69) is 90.1 Å². The van der Waals surface area contributed by atoms with Crippen LogP contribution in [0.15, 0.2) is 53.0 Å². The van der Waals surface area contributed by atoms with E-state index in [0.717, 1.165) is 23.1 Å². The maximum atomic E-state index is 11.3. The van der Waals surface area contributed by atoms with Crippen LogP contribution in [-0.2, 0) is 0 Å². The van der Waals surface area contributed by atoms with Crippen LogP contribution in [0.3, 0.4) is 0 Å². The second-order valence-electron chi connectivity index (χ2n) is 8.52. The number of rotatable bonds is 11. The van der Waals surface area contributed by atoms with E-state index in [9.17, 15) is 5.11 Å². The number of nitrogens with zero attached hydrogens (tertiary/aromatic N) is 1. The number of hydrogen-bond acceptors (Lipinski definition) is 2. The SMILES string of the molecule is CCCCCN(CCCCC)[C@H](C)[C@H](O)c1ccc2cc(Br)c3ccccc3c2c1. The number of aliphatic hydroxyl groups is 1. The van der Waals surface area contributed by atoms with Gasteiger partial charge in [-0.3, -0.25) is 4.90 Å². The van der Waals surface area contributed by atoms with Gasteiger partial charge in [0.25, 0.3) is 0 Å². The smallest absolute Gasteiger partial charge is 0.0942 e. The summed E-state index contributed by atoms with van der Waals surface area (Å²) in [5, 5.41) is 16.2. The zero-order valence-corrected chi connectivity index (χ0v) is 20.3. The Bertz CT molecular complexity index is 944. The Morgan fingerprint density at radius 1 is 0.833 bits per heavy atom. The first-order valence-electron chi connectivity index (χ1n) is 11.6. The molecular weight excluding hydrogens is 434 g/mol. The Morgan fingerprint density at radius 2 is 1.47 bits per heavy atom. The second kappa shape index (κ2) is 11.3. The topological polar surface area (TPSA) is 23.5 Å². The molecule has 3 aromatic rings. The van der Waals surface area contributed by atoms with Gasteiger partial charge in [-0.05, 0) is 72.1 Å². The minimum absolute atomic E-state index is 0.109. The Morgan fingerprint density at radius 3 is 2.10 bits per heavy atom. The zero-order chi connectivity index (χ0) is 21.5. The largest absolute Gasteiger partial charge is 0.387 e. The Labute approximate surface area is 190 Å². The van der Waals surface area contributed by atoms with Crippen molar-refractivity contribution in [2.24, 2.45) is 0 Å². The molecule has 0 saturated heterocycles. The molecule has 0 aliphatic rings. The standard InChI is InChI=1S/C27H36BrNO/c1-4-6-10-16-29(17-11-7-5-2)20(3)27(30)22-15-14-21-19-26(28)24-13-9-8-12-23(24)25(21)18-22/h8-9,12-15,18-20,27,30H,4-7,10-11,16-17H2,1-3H3/t20-,27+/m1/s1. The number of unbranched alkanes of at least 4 members (excludes halogenated alkanes) is 4. The zero-order valence-electron chi connectivity index (χ0n) is 18.7. The molecule has 0 fully saturated rings. The Balaban J connectivity index is 1.88. The molecule has 0 unspecified atom stereocenters. The molecule has 0 aromatic heterocycles. The van der Waals surface area contributed by atoms with Crippen LogP contribution in [0.1, 0.15) is 71.0 Å². The molecule has 0 saturated carbocycles. The summed E-state index contributed by atoms with van der Waals surface area (Å²) >= 11 is 3.71. The molecule has 3 rings (SSSR count). The highest BCUT2D eigenvalue weighted by Gasteiger charge is 2.23. The van der Waals surface area contributed by atoms with Crippen LogP contribution in [0.25, 0.3) is 21.5 Å². The van der Waals surface area contributed by atoms with Gasteiger partial charge in [-0.25, -0.2) is 0 Å². The number of halogens is 1. The van der Waals surface area contributed by atoms with Gasteiger partial charge in [-0.15, -0.1) is 0 Å². The third kappa shape index (κ3) is 5.43. The van der Waals surface area contributed by atoms with Crippen LogP contribution in [0.2, 0.25) is 0 Å². The maximum absolute atomic E-state index is 11.3. The normalized spacial score (nSPS) is 13.9. The maximum Gasteiger partial charge on any atom is 0.0942 e. The molecule has 2 nitrogen and oxygen atoms in total. The molecular formula is C27H36BrNO. The third-order valence-corrected chi connectivity index (χ3v) is 6.96. The van der Waals surface area contributed by atoms with Gasteiger partial charge in [0.15, 0.2) is 0 Å². The molecule has 0 radical (unpaired) electrons. The van der Waals surface area contributed by atoms with Crippen molar-refractivity contribution >= 4 is 37.5 Å². The summed E-state index contributed by atoms with van der Waals surface area (Å²) in [5.41, 5.74) is 1.01. The first-order chi connectivity index (χ1) is 14.6. The Kier molecular flexibility index (Phi) is 8.73. The lowest BCUT2D eigenvalue weighted by molar-refractivity contribution is 0.0556. The van der Waals surface area contributed by atoms with Gasteiger partial charge in [-0.1, -0.05) is 91.9 Å². The van der Waals surface area contributed by atoms with Gasteiger partial charge >= 0.3 is 0 Å². The fourth-order valence-corrected chi connectivity index (χ4v) is 4.98. The van der Waals surface area contributed by atoms with E-state index in [4.69, 9.17) is 0 Å². The molecule has 30 heavy (non-hydrogen) atoms. The van der Waals surface area contributed by atoms with Gasteiger partial charge in [0.1, 0.15) is 0 Å². The summed E-state index contributed by atoms with van der Waals surface area (Å²) in [6.45, 7) is 8.82. The van der Waals surface area contributed by atoms with Gasteiger partial charge in [0.2, 0.25) is 0 Å². The predicted octanol–water partition coefficient (Wildman–Crippen LogP) is 7.86. The average molecular weight is 470 g/mol. The van der Waals surface area contributed by atoms with E-state index < -0.39 is 6.10 Å². The minimum atomic E-state index is -0.486. The van der Waals surface area contributed by atoms with Crippen molar-refractivity contribution in [3.63, 3.8) is 0 Å². The lowest BCUT2D eigenvalue weighted by Gasteiger charge is -2.33. The number of fused-ring (bicyclic) bond motifs is 3. The lowest BCUT2D eigenvalue weighted by atomic mass is 9.95. The van der Waals surface area contributed by atoms with Crippen molar-refractivity contribution in [3.05, 3.63) is 58.6 Å². The van der Waals surface area contributed by atoms with Crippen molar-refractivity contribution in [2.45, 2.75) is 71.4 Å². The molecule has 0 heterocycles. The van der Waals surface area contributed by atoms with Crippen molar-refractivity contribution in [1.29, 1.82) is 0 Å². The van der Waals surface area contributed by atoms with E-state index in [1.54, 1.807) is 0 Å². The van der Waals surface area contributed by atoms with Gasteiger partial charge in [0, 0.05) is 10.5 Å². The molecule has 162 valence electrons. The van der Waals surface area contributed by atoms with Crippen LogP contribution in [0.5, 0.6) is 0 Å². The van der Waals surface area contributed by atoms with E-state index in [1.165, 1.54) is 60.1 Å². The minimum Gasteiger partial charge on any atom is -0.387 e. The molecule has 0 aliphatic carbocycles. The first kappa shape index (κ1) is 23.2. The lowest BCUT2D eigenvalue weighted by Crippen LogP contribution is -2.39. The summed E-state index contributed by atoms with van der Waals surface area (Å²) in [5.74, 6) is 0. The highest BCUT2D eigenvalue weighted by molar-refractivity contribution is 9.10. The first-order valence-corrected chi connectivity index (χ1v) is 12.4. The molecule has 3 heteroatoms. The summed E-state index contributed by atoms with van der Waals surface area (Å²) < 4.78 is 1.12. The van der Waals surface area contributed by atoms with Crippen LogP contribution in [-0.4, -0.2) is 29.1 Å². The summed E-state index contributed by atoms with van der Waals surface area (Å²) in [6.07, 6.45) is 6.89. The predicted molar refractivity (Wildman–Crippen MR) is 134 cm³/mol. The Hall–Kier alpha value is -1.42. The molecule has 0 aliphatic heterocycles. The van der Waals surface area contributed by atoms with Crippen molar-refractivity contribution < 1.29 is 5.11 Å². The molecule has 3 aromatic carbocycles. The quantitative estimate of drug-likeness (QED) is 0.228. The fourth-order valence-electron chi connectivity index (χ4n) is 4.38. The van der Waals surface area contributed by atoms with Gasteiger partial charge in [0.05, 0.1) is 6.10 Å². The summed E-state index contributed by atoms with van der Waals surface area (Å²) in [4.78, 5) is 2.50. The van der Waals surface area contributed by atoms with E-state index in [1.807, 2.05) is 0 Å². The monoisotopic (exact) mass is 469 g/mol. The van der Waals surface area contributed by atoms with Crippen LogP contribution < -0.4 is 0 Å². The van der Waals surface area contributed by atoms with Gasteiger partial charge < -0.3 is 5.11 Å². The molecule has 0 bridgehead atoms. The van der Waals surface area contributed by atoms with Crippen LogP contribution >= 0.6 is 15.9 Å². The fraction of sp³-hybridized carbons (Fsp3) is 0.481. The van der Waals surface area contributed by atoms with Crippen molar-refractivity contribution in [3.8, 4) is 0 Å². The third-order valence-electron chi connectivity index (χ3n) is 6.31. The van der Waals surface area contributed by atoms with Crippen molar-refractivity contribution in [2.75, 3.05) is 13.1 Å². The second-order valence-corrected chi connectivity index (χ2v) is 9.37. The van der Waals surface area contributed by atoms with Crippen molar-refractivity contribution in [1.82, 2.24) is 4.90 Å². The number of hydrogen-bond donors (Lipinski definition) is 1. The molecule has 0 amide bonds. The van der Waals surface area contributed by atoms with E-state index in [-0.39, 0.29) is 6.04 Å². The summed E-state index contributed by atoms with van der Waals surface area (Å²) in [6, 6.07) is 17.2. The number of aliphatic hydroxyl groups excluding tert-OH is 1. The van der Waals surface area contributed by atoms with Crippen LogP contribution in [0, 0.1) is 0 Å². The molecule has 0 spiro atoms.